The van der Waals surface area contributed by atoms with Gasteiger partial charge in [0.2, 0.25) is 0 Å². The molecule has 4 nitrogen and oxygen atoms in total. The Bertz CT molecular complexity index is 1160. The molecule has 5 heteroatoms. The molecule has 0 unspecified atom stereocenters. The lowest BCUT2D eigenvalue weighted by molar-refractivity contribution is 0.359. The molecule has 5 rings (SSSR count). The Morgan fingerprint density at radius 2 is 1.90 bits per heavy atom. The first kappa shape index (κ1) is 17.8. The number of rotatable bonds is 4. The second-order valence-electron chi connectivity index (χ2n) is 7.24. The second-order valence-corrected chi connectivity index (χ2v) is 8.12. The van der Waals surface area contributed by atoms with Gasteiger partial charge >= 0.3 is 0 Å². The fourth-order valence-corrected chi connectivity index (χ4v) is 4.18. The molecule has 0 spiro atoms. The van der Waals surface area contributed by atoms with Crippen molar-refractivity contribution in [2.24, 2.45) is 0 Å². The molecule has 3 aromatic heterocycles. The van der Waals surface area contributed by atoms with Crippen molar-refractivity contribution in [3.05, 3.63) is 95.1 Å². The minimum Gasteiger partial charge on any atom is -0.369 e. The molecule has 0 fully saturated rings. The van der Waals surface area contributed by atoms with Crippen LogP contribution in [-0.4, -0.2) is 19.9 Å². The summed E-state index contributed by atoms with van der Waals surface area (Å²) in [6.07, 6.45) is 10.1. The quantitative estimate of drug-likeness (QED) is 0.453. The minimum atomic E-state index is 0.868. The fourth-order valence-electron chi connectivity index (χ4n) is 3.59. The van der Waals surface area contributed by atoms with Gasteiger partial charge in [0.1, 0.15) is 0 Å². The second kappa shape index (κ2) is 7.60. The van der Waals surface area contributed by atoms with Crippen LogP contribution in [0.1, 0.15) is 22.4 Å². The Hall–Kier alpha value is -3.31. The van der Waals surface area contributed by atoms with Gasteiger partial charge in [-0.15, -0.1) is 11.3 Å². The van der Waals surface area contributed by atoms with Gasteiger partial charge in [0.05, 0.1) is 16.1 Å². The number of hydrogen-bond donors (Lipinski definition) is 0. The van der Waals surface area contributed by atoms with Gasteiger partial charge in [0, 0.05) is 43.6 Å². The Kier molecular flexibility index (Phi) is 4.66. The molecule has 0 radical (unpaired) electrons. The minimum absolute atomic E-state index is 0.868. The van der Waals surface area contributed by atoms with Gasteiger partial charge in [-0.1, -0.05) is 24.3 Å². The van der Waals surface area contributed by atoms with Crippen molar-refractivity contribution in [3.8, 4) is 21.7 Å². The Morgan fingerprint density at radius 3 is 2.69 bits per heavy atom. The lowest BCUT2D eigenvalue weighted by atomic mass is 10.0. The van der Waals surface area contributed by atoms with E-state index >= 15 is 0 Å². The summed E-state index contributed by atoms with van der Waals surface area (Å²) in [5.41, 5.74) is 10.1. The molecule has 1 aliphatic heterocycles. The molecule has 29 heavy (non-hydrogen) atoms. The molecule has 0 N–H and O–H groups in total. The predicted octanol–water partition coefficient (Wildman–Crippen LogP) is 5.56. The molecule has 4 heterocycles. The Balaban J connectivity index is 1.30. The lowest BCUT2D eigenvalue weighted by Crippen LogP contribution is -2.19. The maximum atomic E-state index is 4.63. The van der Waals surface area contributed by atoms with Crippen LogP contribution >= 0.6 is 11.3 Å². The van der Waals surface area contributed by atoms with E-state index in [-0.39, 0.29) is 0 Å². The van der Waals surface area contributed by atoms with Crippen molar-refractivity contribution >= 4 is 17.4 Å². The summed E-state index contributed by atoms with van der Waals surface area (Å²) in [5.74, 6) is 0. The van der Waals surface area contributed by atoms with Gasteiger partial charge in [0.25, 0.3) is 0 Å². The molecule has 0 bridgehead atoms. The van der Waals surface area contributed by atoms with E-state index in [1.807, 2.05) is 31.0 Å². The number of aromatic nitrogens is 3. The standard InChI is InChI=1S/C24H20N4S/c1-17-10-20(6-8-26-17)19-4-2-18(3-5-19)14-28-9-7-21-11-23(24-13-25-16-29-24)27-12-22(21)15-28/h2-13,16H,14-15H2,1H3. The average molecular weight is 397 g/mol. The maximum Gasteiger partial charge on any atom is 0.0824 e. The molecule has 0 amide bonds. The zero-order chi connectivity index (χ0) is 19.6. The number of aryl methyl sites for hydroxylation is 1. The molecule has 1 aromatic carbocycles. The van der Waals surface area contributed by atoms with Crippen molar-refractivity contribution in [1.29, 1.82) is 0 Å². The number of thiazole rings is 1. The maximum absolute atomic E-state index is 4.63. The van der Waals surface area contributed by atoms with Gasteiger partial charge in [-0.05, 0) is 59.0 Å². The first-order valence-electron chi connectivity index (χ1n) is 9.57. The molecule has 142 valence electrons. The molecule has 0 saturated heterocycles. The van der Waals surface area contributed by atoms with Gasteiger partial charge < -0.3 is 4.90 Å². The predicted molar refractivity (Wildman–Crippen MR) is 118 cm³/mol. The monoisotopic (exact) mass is 396 g/mol. The van der Waals surface area contributed by atoms with Gasteiger partial charge in [0.15, 0.2) is 0 Å². The number of nitrogens with zero attached hydrogens (tertiary/aromatic N) is 4. The highest BCUT2D eigenvalue weighted by Gasteiger charge is 2.13. The summed E-state index contributed by atoms with van der Waals surface area (Å²) in [5, 5.41) is 0. The zero-order valence-corrected chi connectivity index (χ0v) is 16.9. The summed E-state index contributed by atoms with van der Waals surface area (Å²) < 4.78 is 0. The van der Waals surface area contributed by atoms with E-state index in [1.54, 1.807) is 11.3 Å². The van der Waals surface area contributed by atoms with Gasteiger partial charge in [-0.25, -0.2) is 0 Å². The molecule has 0 atom stereocenters. The first-order chi connectivity index (χ1) is 14.2. The van der Waals surface area contributed by atoms with E-state index in [0.29, 0.717) is 0 Å². The van der Waals surface area contributed by atoms with E-state index in [4.69, 9.17) is 0 Å². The van der Waals surface area contributed by atoms with Crippen LogP contribution in [0.3, 0.4) is 0 Å². The average Bonchev–Trinajstić information content (AvgIpc) is 3.29. The largest absolute Gasteiger partial charge is 0.369 e. The van der Waals surface area contributed by atoms with Crippen molar-refractivity contribution in [1.82, 2.24) is 19.9 Å². The van der Waals surface area contributed by atoms with E-state index in [1.165, 1.54) is 27.8 Å². The normalized spacial score (nSPS) is 12.8. The van der Waals surface area contributed by atoms with Crippen LogP contribution in [0.15, 0.2) is 72.8 Å². The third-order valence-electron chi connectivity index (χ3n) is 5.12. The summed E-state index contributed by atoms with van der Waals surface area (Å²) >= 11 is 1.62. The third-order valence-corrected chi connectivity index (χ3v) is 5.91. The van der Waals surface area contributed by atoms with Crippen LogP contribution in [-0.2, 0) is 13.1 Å². The topological polar surface area (TPSA) is 41.9 Å². The van der Waals surface area contributed by atoms with E-state index in [0.717, 1.165) is 29.4 Å². The molecule has 0 aliphatic carbocycles. The fraction of sp³-hybridized carbons (Fsp3) is 0.125. The molecule has 0 saturated carbocycles. The van der Waals surface area contributed by atoms with Crippen LogP contribution in [0.25, 0.3) is 27.8 Å². The third kappa shape index (κ3) is 3.82. The van der Waals surface area contributed by atoms with E-state index in [9.17, 15) is 0 Å². The Labute approximate surface area is 174 Å². The highest BCUT2D eigenvalue weighted by atomic mass is 32.1. The summed E-state index contributed by atoms with van der Waals surface area (Å²) in [6.45, 7) is 3.77. The van der Waals surface area contributed by atoms with Gasteiger partial charge in [-0.2, -0.15) is 0 Å². The zero-order valence-electron chi connectivity index (χ0n) is 16.1. The van der Waals surface area contributed by atoms with Crippen LogP contribution < -0.4 is 0 Å². The molecule has 1 aliphatic rings. The highest BCUT2D eigenvalue weighted by molar-refractivity contribution is 7.13. The van der Waals surface area contributed by atoms with Crippen LogP contribution in [0.4, 0.5) is 0 Å². The van der Waals surface area contributed by atoms with Crippen LogP contribution in [0.2, 0.25) is 0 Å². The number of benzene rings is 1. The lowest BCUT2D eigenvalue weighted by Gasteiger charge is -2.25. The van der Waals surface area contributed by atoms with Crippen LogP contribution in [0.5, 0.6) is 0 Å². The van der Waals surface area contributed by atoms with Crippen LogP contribution in [0, 0.1) is 6.92 Å². The number of pyridine rings is 2. The summed E-state index contributed by atoms with van der Waals surface area (Å²) in [4.78, 5) is 16.5. The Morgan fingerprint density at radius 1 is 1.00 bits per heavy atom. The molecule has 4 aromatic rings. The molecular weight excluding hydrogens is 376 g/mol. The number of fused-ring (bicyclic) bond motifs is 1. The van der Waals surface area contributed by atoms with Crippen molar-refractivity contribution in [2.75, 3.05) is 0 Å². The molecular formula is C24H20N4S. The number of hydrogen-bond acceptors (Lipinski definition) is 5. The smallest absolute Gasteiger partial charge is 0.0824 e. The van der Waals surface area contributed by atoms with Gasteiger partial charge in [-0.3, -0.25) is 15.0 Å². The van der Waals surface area contributed by atoms with E-state index in [2.05, 4.69) is 74.6 Å². The van der Waals surface area contributed by atoms with E-state index < -0.39 is 0 Å². The highest BCUT2D eigenvalue weighted by Crippen LogP contribution is 2.27. The summed E-state index contributed by atoms with van der Waals surface area (Å²) in [6, 6.07) is 15.1. The SMILES string of the molecule is Cc1cc(-c2ccc(CN3C=Cc4cc(-c5cncs5)ncc4C3)cc2)ccn1. The van der Waals surface area contributed by atoms with Crippen molar-refractivity contribution in [2.45, 2.75) is 20.0 Å². The first-order valence-corrected chi connectivity index (χ1v) is 10.4. The van der Waals surface area contributed by atoms with Crippen molar-refractivity contribution in [3.63, 3.8) is 0 Å². The van der Waals surface area contributed by atoms with Crippen molar-refractivity contribution < 1.29 is 0 Å². The summed E-state index contributed by atoms with van der Waals surface area (Å²) in [7, 11) is 0.